The maximum absolute atomic E-state index is 12.0. The van der Waals surface area contributed by atoms with Crippen LogP contribution in [-0.4, -0.2) is 33.7 Å². The van der Waals surface area contributed by atoms with E-state index in [2.05, 4.69) is 4.18 Å². The highest BCUT2D eigenvalue weighted by Crippen LogP contribution is 2.22. The van der Waals surface area contributed by atoms with Crippen molar-refractivity contribution in [3.05, 3.63) is 23.3 Å². The fourth-order valence-corrected chi connectivity index (χ4v) is 3.33. The molecule has 0 aliphatic heterocycles. The smallest absolute Gasteiger partial charge is 0.397 e. The Morgan fingerprint density at radius 3 is 2.26 bits per heavy atom. The molecule has 0 aromatic heterocycles. The van der Waals surface area contributed by atoms with E-state index in [1.165, 1.54) is 12.1 Å². The molecule has 0 saturated heterocycles. The normalized spacial score (nSPS) is 12.6. The van der Waals surface area contributed by atoms with Crippen molar-refractivity contribution in [3.63, 3.8) is 0 Å². The van der Waals surface area contributed by atoms with Gasteiger partial charge in [-0.3, -0.25) is 4.55 Å². The third-order valence-electron chi connectivity index (χ3n) is 2.48. The Morgan fingerprint density at radius 1 is 1.16 bits per heavy atom. The molecule has 0 atom stereocenters. The van der Waals surface area contributed by atoms with E-state index < -0.39 is 32.6 Å². The minimum Gasteiger partial charge on any atom is -0.399 e. The summed E-state index contributed by atoms with van der Waals surface area (Å²) in [5.74, 6) is -0.559. The van der Waals surface area contributed by atoms with Crippen molar-refractivity contribution in [3.8, 4) is 0 Å². The van der Waals surface area contributed by atoms with Crippen molar-refractivity contribution in [1.82, 2.24) is 0 Å². The van der Waals surface area contributed by atoms with Gasteiger partial charge in [-0.1, -0.05) is 0 Å². The van der Waals surface area contributed by atoms with Crippen molar-refractivity contribution >= 4 is 25.9 Å². The molecule has 0 spiro atoms. The highest BCUT2D eigenvalue weighted by molar-refractivity contribution is 7.91. The molecule has 7 nitrogen and oxygen atoms in total. The highest BCUT2D eigenvalue weighted by Gasteiger charge is 2.19. The summed E-state index contributed by atoms with van der Waals surface area (Å²) in [5, 5.41) is 0. The van der Waals surface area contributed by atoms with Crippen molar-refractivity contribution < 1.29 is 25.6 Å². The standard InChI is InChI=1S/C10H15NO6S2/c1-7-6-10(8(2)5-9(7)11)18(12,13)4-3-17-19(14,15)16/h5-6H,3-4,11H2,1-2H3,(H,14,15,16). The lowest BCUT2D eigenvalue weighted by Gasteiger charge is -2.10. The maximum atomic E-state index is 12.0. The van der Waals surface area contributed by atoms with Gasteiger partial charge in [-0.05, 0) is 37.1 Å². The van der Waals surface area contributed by atoms with Crippen LogP contribution in [-0.2, 0) is 24.4 Å². The van der Waals surface area contributed by atoms with Gasteiger partial charge >= 0.3 is 10.4 Å². The van der Waals surface area contributed by atoms with Gasteiger partial charge in [0, 0.05) is 5.69 Å². The zero-order chi connectivity index (χ0) is 14.8. The maximum Gasteiger partial charge on any atom is 0.397 e. The number of nitrogens with two attached hydrogens (primary N) is 1. The Hall–Kier alpha value is -1.16. The van der Waals surface area contributed by atoms with Crippen LogP contribution in [0.3, 0.4) is 0 Å². The van der Waals surface area contributed by atoms with Crippen LogP contribution in [0.15, 0.2) is 17.0 Å². The number of anilines is 1. The van der Waals surface area contributed by atoms with Crippen LogP contribution in [0.4, 0.5) is 5.69 Å². The molecular weight excluding hydrogens is 294 g/mol. The van der Waals surface area contributed by atoms with Gasteiger partial charge in [0.15, 0.2) is 9.84 Å². The van der Waals surface area contributed by atoms with Crippen LogP contribution < -0.4 is 5.73 Å². The lowest BCUT2D eigenvalue weighted by Crippen LogP contribution is -2.16. The summed E-state index contributed by atoms with van der Waals surface area (Å²) in [6.45, 7) is 2.61. The molecule has 1 aromatic rings. The average Bonchev–Trinajstić information content (AvgIpc) is 2.20. The van der Waals surface area contributed by atoms with E-state index in [-0.39, 0.29) is 4.90 Å². The van der Waals surface area contributed by atoms with E-state index in [4.69, 9.17) is 10.3 Å². The Balaban J connectivity index is 2.98. The fraction of sp³-hybridized carbons (Fsp3) is 0.400. The van der Waals surface area contributed by atoms with Gasteiger partial charge in [-0.15, -0.1) is 0 Å². The van der Waals surface area contributed by atoms with Gasteiger partial charge in [-0.2, -0.15) is 8.42 Å². The third kappa shape index (κ3) is 4.46. The minimum atomic E-state index is -4.64. The van der Waals surface area contributed by atoms with E-state index in [0.717, 1.165) is 0 Å². The summed E-state index contributed by atoms with van der Waals surface area (Å²) in [5.41, 5.74) is 7.21. The summed E-state index contributed by atoms with van der Waals surface area (Å²) in [6, 6.07) is 2.96. The van der Waals surface area contributed by atoms with E-state index in [1.807, 2.05) is 0 Å². The molecule has 1 aromatic carbocycles. The summed E-state index contributed by atoms with van der Waals surface area (Å²) < 4.78 is 57.1. The Morgan fingerprint density at radius 2 is 1.74 bits per heavy atom. The van der Waals surface area contributed by atoms with Crippen LogP contribution in [0.5, 0.6) is 0 Å². The van der Waals surface area contributed by atoms with Gasteiger partial charge in [0.05, 0.1) is 17.3 Å². The first-order valence-electron chi connectivity index (χ1n) is 5.24. The van der Waals surface area contributed by atoms with Gasteiger partial charge in [0.25, 0.3) is 0 Å². The van der Waals surface area contributed by atoms with E-state index >= 15 is 0 Å². The summed E-state index contributed by atoms with van der Waals surface area (Å²) >= 11 is 0. The van der Waals surface area contributed by atoms with Gasteiger partial charge in [0.1, 0.15) is 0 Å². The number of benzene rings is 1. The Labute approximate surface area is 112 Å². The number of aryl methyl sites for hydroxylation is 2. The molecule has 0 amide bonds. The molecule has 0 radical (unpaired) electrons. The first kappa shape index (κ1) is 15.9. The Kier molecular flexibility index (Phi) is 4.56. The number of sulfone groups is 1. The average molecular weight is 309 g/mol. The molecule has 3 N–H and O–H groups in total. The minimum absolute atomic E-state index is 0.0677. The first-order chi connectivity index (χ1) is 8.53. The number of nitrogen functional groups attached to an aromatic ring is 1. The second-order valence-corrected chi connectivity index (χ2v) is 7.21. The van der Waals surface area contributed by atoms with E-state index in [0.29, 0.717) is 16.8 Å². The largest absolute Gasteiger partial charge is 0.399 e. The molecule has 108 valence electrons. The van der Waals surface area contributed by atoms with E-state index in [1.54, 1.807) is 13.8 Å². The second kappa shape index (κ2) is 5.45. The molecule has 0 saturated carbocycles. The molecule has 0 aliphatic rings. The zero-order valence-corrected chi connectivity index (χ0v) is 12.1. The number of hydrogen-bond acceptors (Lipinski definition) is 6. The van der Waals surface area contributed by atoms with Gasteiger partial charge in [0.2, 0.25) is 0 Å². The molecule has 0 bridgehead atoms. The molecule has 19 heavy (non-hydrogen) atoms. The molecular formula is C10H15NO6S2. The summed E-state index contributed by atoms with van der Waals surface area (Å²) in [4.78, 5) is 0.0677. The molecule has 1 rings (SSSR count). The molecule has 0 heterocycles. The van der Waals surface area contributed by atoms with Crippen molar-refractivity contribution in [2.45, 2.75) is 18.7 Å². The molecule has 0 fully saturated rings. The topological polar surface area (TPSA) is 124 Å². The van der Waals surface area contributed by atoms with Crippen LogP contribution >= 0.6 is 0 Å². The zero-order valence-electron chi connectivity index (χ0n) is 10.5. The van der Waals surface area contributed by atoms with Crippen molar-refractivity contribution in [2.75, 3.05) is 18.1 Å². The third-order valence-corrected chi connectivity index (χ3v) is 4.76. The van der Waals surface area contributed by atoms with Crippen LogP contribution in [0, 0.1) is 13.8 Å². The predicted molar refractivity (Wildman–Crippen MR) is 69.9 cm³/mol. The van der Waals surface area contributed by atoms with Crippen LogP contribution in [0.2, 0.25) is 0 Å². The molecule has 0 aliphatic carbocycles. The molecule has 9 heteroatoms. The lowest BCUT2D eigenvalue weighted by atomic mass is 10.1. The summed E-state index contributed by atoms with van der Waals surface area (Å²) in [6.07, 6.45) is 0. The SMILES string of the molecule is Cc1cc(S(=O)(=O)CCOS(=O)(=O)O)c(C)cc1N. The first-order valence-corrected chi connectivity index (χ1v) is 8.26. The van der Waals surface area contributed by atoms with Gasteiger partial charge in [-0.25, -0.2) is 12.6 Å². The number of hydrogen-bond donors (Lipinski definition) is 2. The number of rotatable bonds is 5. The Bertz CT molecular complexity index is 678. The lowest BCUT2D eigenvalue weighted by molar-refractivity contribution is 0.284. The second-order valence-electron chi connectivity index (χ2n) is 4.04. The molecule has 0 unspecified atom stereocenters. The van der Waals surface area contributed by atoms with Crippen molar-refractivity contribution in [2.24, 2.45) is 0 Å². The summed E-state index contributed by atoms with van der Waals surface area (Å²) in [7, 11) is -8.35. The van der Waals surface area contributed by atoms with Crippen LogP contribution in [0.25, 0.3) is 0 Å². The van der Waals surface area contributed by atoms with Crippen LogP contribution in [0.1, 0.15) is 11.1 Å². The monoisotopic (exact) mass is 309 g/mol. The highest BCUT2D eigenvalue weighted by atomic mass is 32.3. The predicted octanol–water partition coefficient (Wildman–Crippen LogP) is 0.479. The van der Waals surface area contributed by atoms with Gasteiger partial charge < -0.3 is 5.73 Å². The fourth-order valence-electron chi connectivity index (χ4n) is 1.51. The quantitative estimate of drug-likeness (QED) is 0.598. The van der Waals surface area contributed by atoms with E-state index in [9.17, 15) is 16.8 Å². The van der Waals surface area contributed by atoms with Crippen molar-refractivity contribution in [1.29, 1.82) is 0 Å².